The Balaban J connectivity index is 1.31. The summed E-state index contributed by atoms with van der Waals surface area (Å²) in [7, 11) is 0. The van der Waals surface area contributed by atoms with Gasteiger partial charge in [-0.3, -0.25) is 0 Å². The molecule has 0 amide bonds. The Labute approximate surface area is 192 Å². The predicted octanol–water partition coefficient (Wildman–Crippen LogP) is 3.58. The summed E-state index contributed by atoms with van der Waals surface area (Å²) in [5.74, 6) is -5.95. The lowest BCUT2D eigenvalue weighted by Gasteiger charge is -2.74. The van der Waals surface area contributed by atoms with Gasteiger partial charge in [-0.15, -0.1) is 5.10 Å². The highest BCUT2D eigenvalue weighted by atomic mass is 19.3. The van der Waals surface area contributed by atoms with Gasteiger partial charge in [0.1, 0.15) is 18.0 Å². The largest absolute Gasteiger partial charge is 0.385 e. The molecule has 0 aliphatic heterocycles. The number of nitrogens with zero attached hydrogens (tertiary/aromatic N) is 4. The van der Waals surface area contributed by atoms with E-state index in [1.54, 1.807) is 0 Å². The second-order valence-corrected chi connectivity index (χ2v) is 10.3. The Bertz CT molecular complexity index is 1240. The normalized spacial score (nSPS) is 28.5. The van der Waals surface area contributed by atoms with Crippen molar-refractivity contribution in [2.75, 3.05) is 0 Å². The average Bonchev–Trinajstić information content (AvgIpc) is 3.26. The molecule has 7 rings (SSSR count). The molecule has 2 bridgehead atoms. The van der Waals surface area contributed by atoms with Crippen molar-refractivity contribution < 1.29 is 27.8 Å². The minimum atomic E-state index is -3.75. The molecule has 0 saturated heterocycles. The molecule has 4 aliphatic rings. The highest BCUT2D eigenvalue weighted by molar-refractivity contribution is 5.44. The fraction of sp³-hybridized carbons (Fsp3) is 0.458. The van der Waals surface area contributed by atoms with Gasteiger partial charge in [0.15, 0.2) is 5.60 Å². The number of hydrogen-bond donors (Lipinski definition) is 2. The van der Waals surface area contributed by atoms with Gasteiger partial charge in [-0.2, -0.15) is 0 Å². The minimum Gasteiger partial charge on any atom is -0.385 e. The van der Waals surface area contributed by atoms with E-state index in [4.69, 9.17) is 0 Å². The summed E-state index contributed by atoms with van der Waals surface area (Å²) < 4.78 is 61.5. The molecule has 4 saturated carbocycles. The van der Waals surface area contributed by atoms with Gasteiger partial charge in [0.05, 0.1) is 12.1 Å². The van der Waals surface area contributed by atoms with Gasteiger partial charge in [-0.1, -0.05) is 24.3 Å². The monoisotopic (exact) mass is 474 g/mol. The minimum absolute atomic E-state index is 0.122. The third-order valence-electron chi connectivity index (χ3n) is 8.13. The lowest BCUT2D eigenvalue weighted by Crippen LogP contribution is -2.76. The van der Waals surface area contributed by atoms with E-state index in [0.717, 1.165) is 34.3 Å². The van der Waals surface area contributed by atoms with Gasteiger partial charge >= 0.3 is 0 Å². The number of halogens is 4. The molecular formula is C24H22F4N4O2. The fourth-order valence-electron chi connectivity index (χ4n) is 6.07. The Kier molecular flexibility index (Phi) is 4.23. The fourth-order valence-corrected chi connectivity index (χ4v) is 6.07. The van der Waals surface area contributed by atoms with E-state index in [1.807, 2.05) is 24.3 Å². The Morgan fingerprint density at radius 2 is 1.62 bits per heavy atom. The van der Waals surface area contributed by atoms with Gasteiger partial charge in [-0.05, 0) is 71.2 Å². The summed E-state index contributed by atoms with van der Waals surface area (Å²) in [6, 6.07) is 9.61. The molecule has 2 N–H and O–H groups in total. The first-order chi connectivity index (χ1) is 16.0. The van der Waals surface area contributed by atoms with Crippen LogP contribution in [0.5, 0.6) is 0 Å². The van der Waals surface area contributed by atoms with Crippen LogP contribution in [0, 0.1) is 17.0 Å². The summed E-state index contributed by atoms with van der Waals surface area (Å²) in [5.41, 5.74) is -4.70. The first kappa shape index (κ1) is 21.7. The highest BCUT2D eigenvalue weighted by Gasteiger charge is 2.82. The van der Waals surface area contributed by atoms with Crippen molar-refractivity contribution in [1.29, 1.82) is 0 Å². The zero-order valence-electron chi connectivity index (χ0n) is 18.1. The van der Waals surface area contributed by atoms with Crippen LogP contribution in [0.15, 0.2) is 48.8 Å². The maximum Gasteiger partial charge on any atom is 0.287 e. The number of alkyl halides is 2. The second-order valence-electron chi connectivity index (χ2n) is 10.3. The Morgan fingerprint density at radius 3 is 2.18 bits per heavy atom. The molecule has 3 aromatic rings. The van der Waals surface area contributed by atoms with Crippen molar-refractivity contribution in [1.82, 2.24) is 20.2 Å². The summed E-state index contributed by atoms with van der Waals surface area (Å²) in [6.45, 7) is -0.794. The molecule has 1 heterocycles. The highest BCUT2D eigenvalue weighted by Crippen LogP contribution is 2.80. The summed E-state index contributed by atoms with van der Waals surface area (Å²) in [6.07, 6.45) is 2.85. The number of aliphatic hydroxyl groups is 2. The molecule has 0 spiro atoms. The molecule has 34 heavy (non-hydrogen) atoms. The standard InChI is InChI=1S/C24H22F4N4O2/c25-17-5-6-18(19(26)9-17)23(34,13-32-14-29-30-31-32)24(27,28)21-10-20(11-21,12-21)15-1-3-16(4-2-15)22(33)7-8-22/h1-6,9,14,33-34H,7-8,10-13H2/t20?,21?,23-/m0/s1. The molecule has 4 aliphatic carbocycles. The zero-order valence-corrected chi connectivity index (χ0v) is 18.1. The molecule has 178 valence electrons. The lowest BCUT2D eigenvalue weighted by molar-refractivity contribution is -0.347. The van der Waals surface area contributed by atoms with E-state index in [2.05, 4.69) is 15.5 Å². The molecule has 10 heteroatoms. The lowest BCUT2D eigenvalue weighted by atomic mass is 9.30. The van der Waals surface area contributed by atoms with Gasteiger partial charge in [0.2, 0.25) is 0 Å². The summed E-state index contributed by atoms with van der Waals surface area (Å²) in [4.78, 5) is 0. The van der Waals surface area contributed by atoms with Crippen molar-refractivity contribution in [3.63, 3.8) is 0 Å². The van der Waals surface area contributed by atoms with Crippen LogP contribution >= 0.6 is 0 Å². The van der Waals surface area contributed by atoms with E-state index >= 15 is 8.78 Å². The molecule has 6 nitrogen and oxygen atoms in total. The van der Waals surface area contributed by atoms with Crippen molar-refractivity contribution in [3.05, 3.63) is 77.1 Å². The zero-order chi connectivity index (χ0) is 24.0. The van der Waals surface area contributed by atoms with E-state index in [1.165, 1.54) is 0 Å². The SMILES string of the molecule is OC1(c2ccc(C34CC(C(F)(F)[C@](O)(Cn5cnnn5)c5ccc(F)cc5F)(C3)C4)cc2)CC1. The van der Waals surface area contributed by atoms with E-state index < -0.39 is 51.7 Å². The molecule has 1 atom stereocenters. The number of aromatic nitrogens is 4. The van der Waals surface area contributed by atoms with Gasteiger partial charge in [-0.25, -0.2) is 22.2 Å². The Morgan fingerprint density at radius 1 is 0.971 bits per heavy atom. The van der Waals surface area contributed by atoms with Crippen LogP contribution in [-0.4, -0.2) is 36.3 Å². The number of hydrogen-bond acceptors (Lipinski definition) is 5. The van der Waals surface area contributed by atoms with Gasteiger partial charge in [0, 0.05) is 17.0 Å². The van der Waals surface area contributed by atoms with Gasteiger partial charge in [0.25, 0.3) is 5.92 Å². The first-order valence-corrected chi connectivity index (χ1v) is 11.1. The van der Waals surface area contributed by atoms with Crippen LogP contribution in [-0.2, 0) is 23.2 Å². The van der Waals surface area contributed by atoms with Crippen LogP contribution in [0.3, 0.4) is 0 Å². The smallest absolute Gasteiger partial charge is 0.287 e. The maximum absolute atomic E-state index is 16.2. The van der Waals surface area contributed by atoms with Crippen LogP contribution in [0.4, 0.5) is 17.6 Å². The number of tetrazole rings is 1. The second kappa shape index (κ2) is 6.63. The van der Waals surface area contributed by atoms with Gasteiger partial charge < -0.3 is 10.2 Å². The van der Waals surface area contributed by atoms with Crippen molar-refractivity contribution >= 4 is 0 Å². The van der Waals surface area contributed by atoms with Crippen LogP contribution < -0.4 is 0 Å². The van der Waals surface area contributed by atoms with E-state index in [0.29, 0.717) is 18.9 Å². The number of rotatable bonds is 7. The van der Waals surface area contributed by atoms with Crippen LogP contribution in [0.25, 0.3) is 0 Å². The summed E-state index contributed by atoms with van der Waals surface area (Å²) in [5, 5.41) is 32.1. The van der Waals surface area contributed by atoms with Crippen molar-refractivity contribution in [3.8, 4) is 0 Å². The van der Waals surface area contributed by atoms with Crippen molar-refractivity contribution in [2.24, 2.45) is 5.41 Å². The number of benzene rings is 2. The summed E-state index contributed by atoms with van der Waals surface area (Å²) >= 11 is 0. The first-order valence-electron chi connectivity index (χ1n) is 11.1. The maximum atomic E-state index is 16.2. The van der Waals surface area contributed by atoms with Crippen LogP contribution in [0.1, 0.15) is 48.8 Å². The van der Waals surface area contributed by atoms with Crippen LogP contribution in [0.2, 0.25) is 0 Å². The third kappa shape index (κ3) is 2.78. The molecule has 1 aromatic heterocycles. The average molecular weight is 474 g/mol. The van der Waals surface area contributed by atoms with E-state index in [9.17, 15) is 19.0 Å². The Hall–Kier alpha value is -2.85. The van der Waals surface area contributed by atoms with E-state index in [-0.39, 0.29) is 19.3 Å². The quantitative estimate of drug-likeness (QED) is 0.512. The molecule has 2 aromatic carbocycles. The third-order valence-corrected chi connectivity index (χ3v) is 8.13. The molecule has 0 unspecified atom stereocenters. The molecule has 0 radical (unpaired) electrons. The predicted molar refractivity (Wildman–Crippen MR) is 111 cm³/mol. The molecular weight excluding hydrogens is 452 g/mol. The topological polar surface area (TPSA) is 84.1 Å². The van der Waals surface area contributed by atoms with Crippen molar-refractivity contribution in [2.45, 2.75) is 61.2 Å². The molecule has 4 fully saturated rings.